The van der Waals surface area contributed by atoms with Crippen molar-refractivity contribution in [2.75, 3.05) is 19.6 Å². The third-order valence-electron chi connectivity index (χ3n) is 6.38. The highest BCUT2D eigenvalue weighted by Crippen LogP contribution is 2.40. The number of nitrogens with one attached hydrogen (secondary N) is 2. The van der Waals surface area contributed by atoms with E-state index in [-0.39, 0.29) is 5.91 Å². The fraction of sp³-hybridized carbons (Fsp3) is 0.652. The number of likely N-dealkylation sites (tertiary alicyclic amines) is 1. The van der Waals surface area contributed by atoms with E-state index >= 15 is 0 Å². The minimum absolute atomic E-state index is 0.280. The van der Waals surface area contributed by atoms with Gasteiger partial charge in [0.25, 0.3) is 0 Å². The minimum atomic E-state index is 0.280. The maximum atomic E-state index is 11.8. The molecule has 1 amide bonds. The van der Waals surface area contributed by atoms with Crippen molar-refractivity contribution in [3.05, 3.63) is 35.4 Å². The topological polar surface area (TPSA) is 56.7 Å². The van der Waals surface area contributed by atoms with Gasteiger partial charge in [-0.2, -0.15) is 0 Å². The Kier molecular flexibility index (Phi) is 7.35. The molecule has 1 saturated carbocycles. The van der Waals surface area contributed by atoms with Crippen LogP contribution in [-0.4, -0.2) is 36.4 Å². The maximum absolute atomic E-state index is 11.8. The molecule has 1 aliphatic carbocycles. The van der Waals surface area contributed by atoms with Crippen LogP contribution in [0.4, 0.5) is 0 Å². The van der Waals surface area contributed by atoms with Crippen LogP contribution in [0.1, 0.15) is 69.9 Å². The highest BCUT2D eigenvalue weighted by molar-refractivity contribution is 5.79. The largest absolute Gasteiger partial charge is 0.357 e. The van der Waals surface area contributed by atoms with Crippen LogP contribution < -0.4 is 10.6 Å². The van der Waals surface area contributed by atoms with E-state index in [0.29, 0.717) is 18.4 Å². The van der Waals surface area contributed by atoms with E-state index in [1.54, 1.807) is 0 Å². The summed E-state index contributed by atoms with van der Waals surface area (Å²) in [5, 5.41) is 6.96. The van der Waals surface area contributed by atoms with Crippen molar-refractivity contribution in [2.24, 2.45) is 10.4 Å². The Hall–Kier alpha value is -2.04. The van der Waals surface area contributed by atoms with E-state index in [0.717, 1.165) is 38.6 Å². The van der Waals surface area contributed by atoms with Gasteiger partial charge in [-0.3, -0.25) is 4.79 Å². The van der Waals surface area contributed by atoms with E-state index in [9.17, 15) is 4.79 Å². The molecule has 0 aromatic heterocycles. The molecule has 0 radical (unpaired) electrons. The monoisotopic (exact) mass is 384 g/mol. The van der Waals surface area contributed by atoms with Gasteiger partial charge in [-0.15, -0.1) is 0 Å². The predicted octanol–water partition coefficient (Wildman–Crippen LogP) is 3.83. The average Bonchev–Trinajstić information content (AvgIpc) is 3.35. The highest BCUT2D eigenvalue weighted by atomic mass is 16.2. The third-order valence-corrected chi connectivity index (χ3v) is 6.38. The summed E-state index contributed by atoms with van der Waals surface area (Å²) in [7, 11) is 0. The minimum Gasteiger partial charge on any atom is -0.357 e. The molecule has 1 aromatic rings. The van der Waals surface area contributed by atoms with Crippen molar-refractivity contribution in [2.45, 2.75) is 71.9 Å². The zero-order valence-corrected chi connectivity index (χ0v) is 17.6. The first-order valence-corrected chi connectivity index (χ1v) is 11.0. The second-order valence-electron chi connectivity index (χ2n) is 8.34. The van der Waals surface area contributed by atoms with E-state index in [1.807, 2.05) is 4.90 Å². The molecular formula is C23H36N4O. The molecule has 2 N–H and O–H groups in total. The molecule has 28 heavy (non-hydrogen) atoms. The van der Waals surface area contributed by atoms with Crippen molar-refractivity contribution in [1.82, 2.24) is 15.5 Å². The van der Waals surface area contributed by atoms with E-state index in [4.69, 9.17) is 4.99 Å². The average molecular weight is 385 g/mol. The molecule has 1 aliphatic heterocycles. The first-order chi connectivity index (χ1) is 13.6. The van der Waals surface area contributed by atoms with Gasteiger partial charge in [-0.05, 0) is 49.1 Å². The SMILES string of the molecule is CCNC(=NCc1ccc(CN2CCCC2=O)cc1)NCC1(CC)CCCC1. The zero-order valence-electron chi connectivity index (χ0n) is 17.6. The fourth-order valence-electron chi connectivity index (χ4n) is 4.41. The summed E-state index contributed by atoms with van der Waals surface area (Å²) in [6.07, 6.45) is 8.31. The zero-order chi connectivity index (χ0) is 19.8. The van der Waals surface area contributed by atoms with Gasteiger partial charge >= 0.3 is 0 Å². The molecule has 1 saturated heterocycles. The lowest BCUT2D eigenvalue weighted by Gasteiger charge is -2.28. The van der Waals surface area contributed by atoms with Crippen LogP contribution in [0.15, 0.2) is 29.3 Å². The molecule has 0 bridgehead atoms. The molecule has 154 valence electrons. The first-order valence-electron chi connectivity index (χ1n) is 11.0. The van der Waals surface area contributed by atoms with Crippen LogP contribution >= 0.6 is 0 Å². The van der Waals surface area contributed by atoms with Gasteiger partial charge in [-0.25, -0.2) is 4.99 Å². The van der Waals surface area contributed by atoms with E-state index in [2.05, 4.69) is 48.7 Å². The van der Waals surface area contributed by atoms with Crippen molar-refractivity contribution >= 4 is 11.9 Å². The van der Waals surface area contributed by atoms with E-state index < -0.39 is 0 Å². The van der Waals surface area contributed by atoms with Crippen LogP contribution in [0.2, 0.25) is 0 Å². The Bertz CT molecular complexity index is 662. The summed E-state index contributed by atoms with van der Waals surface area (Å²) in [6, 6.07) is 8.52. The number of carbonyl (C=O) groups is 1. The highest BCUT2D eigenvalue weighted by Gasteiger charge is 2.31. The van der Waals surface area contributed by atoms with Gasteiger partial charge in [0.05, 0.1) is 6.54 Å². The van der Waals surface area contributed by atoms with Crippen molar-refractivity contribution in [1.29, 1.82) is 0 Å². The van der Waals surface area contributed by atoms with E-state index in [1.165, 1.54) is 43.2 Å². The molecule has 5 nitrogen and oxygen atoms in total. The maximum Gasteiger partial charge on any atom is 0.222 e. The molecule has 0 spiro atoms. The van der Waals surface area contributed by atoms with Gasteiger partial charge in [0.15, 0.2) is 5.96 Å². The number of rotatable bonds is 8. The van der Waals surface area contributed by atoms with Gasteiger partial charge in [0, 0.05) is 32.6 Å². The molecule has 1 aromatic carbocycles. The van der Waals surface area contributed by atoms with Crippen molar-refractivity contribution < 1.29 is 4.79 Å². The van der Waals surface area contributed by atoms with Crippen LogP contribution in [0.25, 0.3) is 0 Å². The number of hydrogen-bond donors (Lipinski definition) is 2. The Morgan fingerprint density at radius 1 is 1.07 bits per heavy atom. The molecule has 0 atom stereocenters. The Morgan fingerprint density at radius 3 is 2.39 bits per heavy atom. The molecule has 2 fully saturated rings. The molecule has 5 heteroatoms. The lowest BCUT2D eigenvalue weighted by molar-refractivity contribution is -0.128. The summed E-state index contributed by atoms with van der Waals surface area (Å²) in [5.41, 5.74) is 2.84. The van der Waals surface area contributed by atoms with Gasteiger partial charge in [0.2, 0.25) is 5.91 Å². The third kappa shape index (κ3) is 5.49. The second-order valence-corrected chi connectivity index (χ2v) is 8.34. The van der Waals surface area contributed by atoms with Crippen molar-refractivity contribution in [3.63, 3.8) is 0 Å². The fourth-order valence-corrected chi connectivity index (χ4v) is 4.41. The summed E-state index contributed by atoms with van der Waals surface area (Å²) >= 11 is 0. The molecule has 0 unspecified atom stereocenters. The summed E-state index contributed by atoms with van der Waals surface area (Å²) < 4.78 is 0. The van der Waals surface area contributed by atoms with Crippen LogP contribution in [0, 0.1) is 5.41 Å². The van der Waals surface area contributed by atoms with Crippen molar-refractivity contribution in [3.8, 4) is 0 Å². The molecule has 2 aliphatic rings. The lowest BCUT2D eigenvalue weighted by atomic mass is 9.83. The van der Waals surface area contributed by atoms with Crippen LogP contribution in [-0.2, 0) is 17.9 Å². The lowest BCUT2D eigenvalue weighted by Crippen LogP contribution is -2.42. The summed E-state index contributed by atoms with van der Waals surface area (Å²) in [6.45, 7) is 8.59. The Balaban J connectivity index is 1.54. The Labute approximate surface area is 170 Å². The summed E-state index contributed by atoms with van der Waals surface area (Å²) in [5.74, 6) is 1.19. The number of aliphatic imine (C=N–C) groups is 1. The number of benzene rings is 1. The number of hydrogen-bond acceptors (Lipinski definition) is 2. The predicted molar refractivity (Wildman–Crippen MR) is 115 cm³/mol. The number of guanidine groups is 1. The first kappa shape index (κ1) is 20.7. The normalized spacial score (nSPS) is 19.3. The van der Waals surface area contributed by atoms with Crippen LogP contribution in [0.3, 0.4) is 0 Å². The standard InChI is InChI=1S/C23H36N4O/c1-3-23(13-5-6-14-23)18-26-22(24-4-2)25-16-19-9-11-20(12-10-19)17-27-15-7-8-21(27)28/h9-12H,3-8,13-18H2,1-2H3,(H2,24,25,26). The smallest absolute Gasteiger partial charge is 0.222 e. The second kappa shape index (κ2) is 9.94. The molecule has 3 rings (SSSR count). The number of nitrogens with zero attached hydrogens (tertiary/aromatic N) is 2. The molecular weight excluding hydrogens is 348 g/mol. The summed E-state index contributed by atoms with van der Waals surface area (Å²) in [4.78, 5) is 18.5. The van der Waals surface area contributed by atoms with Gasteiger partial charge in [0.1, 0.15) is 0 Å². The number of amides is 1. The number of carbonyl (C=O) groups excluding carboxylic acids is 1. The van der Waals surface area contributed by atoms with Gasteiger partial charge in [-0.1, -0.05) is 44.0 Å². The van der Waals surface area contributed by atoms with Gasteiger partial charge < -0.3 is 15.5 Å². The quantitative estimate of drug-likeness (QED) is 0.529. The molecule has 1 heterocycles. The van der Waals surface area contributed by atoms with Crippen LogP contribution in [0.5, 0.6) is 0 Å². The Morgan fingerprint density at radius 2 is 1.79 bits per heavy atom.